The van der Waals surface area contributed by atoms with Crippen LogP contribution in [0, 0.1) is 5.82 Å². The zero-order valence-electron chi connectivity index (χ0n) is 9.56. The summed E-state index contributed by atoms with van der Waals surface area (Å²) in [5, 5.41) is 0.314. The summed E-state index contributed by atoms with van der Waals surface area (Å²) in [6.45, 7) is -0.0526. The van der Waals surface area contributed by atoms with Gasteiger partial charge < -0.3 is 4.57 Å². The maximum absolute atomic E-state index is 13.1. The average Bonchev–Trinajstić information content (AvgIpc) is 2.34. The Kier molecular flexibility index (Phi) is 3.34. The largest absolute Gasteiger partial charge is 0.331 e. The minimum atomic E-state index is -0.470. The van der Waals surface area contributed by atoms with Gasteiger partial charge in [-0.25, -0.2) is 9.18 Å². The van der Waals surface area contributed by atoms with Crippen molar-refractivity contribution in [3.63, 3.8) is 0 Å². The van der Waals surface area contributed by atoms with Crippen LogP contribution in [0.4, 0.5) is 4.39 Å². The van der Waals surface area contributed by atoms with Gasteiger partial charge >= 0.3 is 5.69 Å². The first-order valence-electron chi connectivity index (χ1n) is 5.19. The van der Waals surface area contributed by atoms with Gasteiger partial charge in [0.1, 0.15) is 5.82 Å². The monoisotopic (exact) mass is 268 g/mol. The predicted octanol–water partition coefficient (Wildman–Crippen LogP) is 1.39. The standard InChI is InChI=1S/C12H10ClFN2O2/c1-15-5-4-11(17)16(12(15)18)7-8-6-9(14)2-3-10(8)13/h2-6H,7H2,1H3. The molecule has 0 saturated carbocycles. The van der Waals surface area contributed by atoms with Gasteiger partial charge in [-0.3, -0.25) is 9.36 Å². The van der Waals surface area contributed by atoms with E-state index >= 15 is 0 Å². The Bertz CT molecular complexity index is 706. The Morgan fingerprint density at radius 1 is 1.28 bits per heavy atom. The predicted molar refractivity (Wildman–Crippen MR) is 66.5 cm³/mol. The summed E-state index contributed by atoms with van der Waals surface area (Å²) in [5.41, 5.74) is -0.525. The molecule has 0 aliphatic rings. The SMILES string of the molecule is Cn1ccc(=O)n(Cc2cc(F)ccc2Cl)c1=O. The molecule has 0 aliphatic carbocycles. The molecule has 0 radical (unpaired) electrons. The molecular weight excluding hydrogens is 259 g/mol. The van der Waals surface area contributed by atoms with Crippen LogP contribution in [-0.2, 0) is 13.6 Å². The second-order valence-electron chi connectivity index (χ2n) is 3.87. The summed E-state index contributed by atoms with van der Waals surface area (Å²) in [6.07, 6.45) is 1.38. The van der Waals surface area contributed by atoms with Crippen LogP contribution >= 0.6 is 11.6 Å². The van der Waals surface area contributed by atoms with E-state index in [2.05, 4.69) is 0 Å². The molecule has 18 heavy (non-hydrogen) atoms. The summed E-state index contributed by atoms with van der Waals surface area (Å²) in [7, 11) is 1.53. The summed E-state index contributed by atoms with van der Waals surface area (Å²) in [5.74, 6) is -0.463. The third kappa shape index (κ3) is 2.36. The number of aryl methyl sites for hydroxylation is 1. The minimum absolute atomic E-state index is 0.0526. The van der Waals surface area contributed by atoms with Gasteiger partial charge in [-0.15, -0.1) is 0 Å². The first kappa shape index (κ1) is 12.6. The topological polar surface area (TPSA) is 44.0 Å². The van der Waals surface area contributed by atoms with Crippen molar-refractivity contribution >= 4 is 11.6 Å². The van der Waals surface area contributed by atoms with Crippen LogP contribution in [0.5, 0.6) is 0 Å². The number of hydrogen-bond donors (Lipinski definition) is 0. The summed E-state index contributed by atoms with van der Waals surface area (Å²) < 4.78 is 15.4. The summed E-state index contributed by atoms with van der Waals surface area (Å²) >= 11 is 5.90. The van der Waals surface area contributed by atoms with Crippen LogP contribution in [0.1, 0.15) is 5.56 Å². The third-order valence-corrected chi connectivity index (χ3v) is 2.94. The second kappa shape index (κ2) is 4.78. The van der Waals surface area contributed by atoms with Gasteiger partial charge in [0, 0.05) is 24.3 Å². The van der Waals surface area contributed by atoms with Crippen molar-refractivity contribution in [3.8, 4) is 0 Å². The van der Waals surface area contributed by atoms with E-state index in [9.17, 15) is 14.0 Å². The van der Waals surface area contributed by atoms with E-state index in [4.69, 9.17) is 11.6 Å². The highest BCUT2D eigenvalue weighted by Crippen LogP contribution is 2.17. The van der Waals surface area contributed by atoms with E-state index in [1.807, 2.05) is 0 Å². The molecular formula is C12H10ClFN2O2. The van der Waals surface area contributed by atoms with Crippen molar-refractivity contribution in [2.45, 2.75) is 6.54 Å². The van der Waals surface area contributed by atoms with Crippen molar-refractivity contribution in [1.82, 2.24) is 9.13 Å². The average molecular weight is 269 g/mol. The Balaban J connectivity index is 2.53. The minimum Gasteiger partial charge on any atom is -0.303 e. The molecule has 0 bridgehead atoms. The molecule has 0 fully saturated rings. The molecule has 0 atom stereocenters. The lowest BCUT2D eigenvalue weighted by Crippen LogP contribution is -2.38. The number of rotatable bonds is 2. The van der Waals surface area contributed by atoms with E-state index in [0.29, 0.717) is 10.6 Å². The number of aromatic nitrogens is 2. The van der Waals surface area contributed by atoms with Crippen LogP contribution in [0.25, 0.3) is 0 Å². The molecule has 0 saturated heterocycles. The fourth-order valence-corrected chi connectivity index (χ4v) is 1.77. The van der Waals surface area contributed by atoms with Crippen molar-refractivity contribution in [2.75, 3.05) is 0 Å². The van der Waals surface area contributed by atoms with Gasteiger partial charge in [0.05, 0.1) is 6.54 Å². The first-order valence-corrected chi connectivity index (χ1v) is 5.57. The fraction of sp³-hybridized carbons (Fsp3) is 0.167. The molecule has 0 N–H and O–H groups in total. The molecule has 1 heterocycles. The van der Waals surface area contributed by atoms with E-state index in [1.54, 1.807) is 0 Å². The van der Waals surface area contributed by atoms with Crippen LogP contribution in [0.2, 0.25) is 5.02 Å². The molecule has 0 spiro atoms. The molecule has 0 unspecified atom stereocenters. The van der Waals surface area contributed by atoms with Gasteiger partial charge in [-0.05, 0) is 23.8 Å². The lowest BCUT2D eigenvalue weighted by atomic mass is 10.2. The van der Waals surface area contributed by atoms with Crippen molar-refractivity contribution in [1.29, 1.82) is 0 Å². The maximum Gasteiger partial charge on any atom is 0.331 e. The molecule has 4 nitrogen and oxygen atoms in total. The van der Waals surface area contributed by atoms with Gasteiger partial charge in [0.15, 0.2) is 0 Å². The van der Waals surface area contributed by atoms with Crippen molar-refractivity contribution < 1.29 is 4.39 Å². The zero-order chi connectivity index (χ0) is 13.3. The van der Waals surface area contributed by atoms with Crippen molar-refractivity contribution in [3.05, 3.63) is 67.7 Å². The second-order valence-corrected chi connectivity index (χ2v) is 4.28. The van der Waals surface area contributed by atoms with E-state index in [1.165, 1.54) is 42.1 Å². The molecule has 1 aromatic heterocycles. The molecule has 0 aliphatic heterocycles. The molecule has 1 aromatic carbocycles. The summed E-state index contributed by atoms with van der Waals surface area (Å²) in [4.78, 5) is 23.4. The molecule has 94 valence electrons. The van der Waals surface area contributed by atoms with Gasteiger partial charge in [-0.2, -0.15) is 0 Å². The Morgan fingerprint density at radius 2 is 2.00 bits per heavy atom. The number of nitrogens with zero attached hydrogens (tertiary/aromatic N) is 2. The van der Waals surface area contributed by atoms with E-state index < -0.39 is 17.1 Å². The number of benzene rings is 1. The summed E-state index contributed by atoms with van der Waals surface area (Å²) in [6, 6.07) is 5.10. The highest BCUT2D eigenvalue weighted by Gasteiger charge is 2.07. The maximum atomic E-state index is 13.1. The number of hydrogen-bond acceptors (Lipinski definition) is 2. The lowest BCUT2D eigenvalue weighted by molar-refractivity contribution is 0.613. The lowest BCUT2D eigenvalue weighted by Gasteiger charge is -2.08. The van der Waals surface area contributed by atoms with Crippen LogP contribution in [0.15, 0.2) is 40.1 Å². The number of halogens is 2. The Hall–Kier alpha value is -1.88. The Labute approximate surface area is 107 Å². The molecule has 6 heteroatoms. The zero-order valence-corrected chi connectivity index (χ0v) is 10.3. The Morgan fingerprint density at radius 3 is 2.72 bits per heavy atom. The normalized spacial score (nSPS) is 10.6. The van der Waals surface area contributed by atoms with Gasteiger partial charge in [0.25, 0.3) is 5.56 Å². The van der Waals surface area contributed by atoms with Crippen LogP contribution < -0.4 is 11.2 Å². The highest BCUT2D eigenvalue weighted by molar-refractivity contribution is 6.31. The third-order valence-electron chi connectivity index (χ3n) is 2.58. The van der Waals surface area contributed by atoms with Crippen LogP contribution in [0.3, 0.4) is 0 Å². The van der Waals surface area contributed by atoms with Gasteiger partial charge in [0.2, 0.25) is 0 Å². The molecule has 2 rings (SSSR count). The fourth-order valence-electron chi connectivity index (χ4n) is 1.59. The van der Waals surface area contributed by atoms with E-state index in [0.717, 1.165) is 4.57 Å². The van der Waals surface area contributed by atoms with Crippen molar-refractivity contribution in [2.24, 2.45) is 7.05 Å². The molecule has 2 aromatic rings. The van der Waals surface area contributed by atoms with E-state index in [-0.39, 0.29) is 6.54 Å². The smallest absolute Gasteiger partial charge is 0.303 e. The quantitative estimate of drug-likeness (QED) is 0.826. The molecule has 0 amide bonds. The first-order chi connectivity index (χ1) is 8.49. The van der Waals surface area contributed by atoms with Crippen LogP contribution in [-0.4, -0.2) is 9.13 Å². The highest BCUT2D eigenvalue weighted by atomic mass is 35.5. The van der Waals surface area contributed by atoms with Gasteiger partial charge in [-0.1, -0.05) is 11.6 Å².